The first-order valence-corrected chi connectivity index (χ1v) is 8.93. The van der Waals surface area contributed by atoms with Crippen LogP contribution in [-0.4, -0.2) is 85.5 Å². The van der Waals surface area contributed by atoms with Crippen LogP contribution in [-0.2, 0) is 47.8 Å². The van der Waals surface area contributed by atoms with Crippen molar-refractivity contribution >= 4 is 35.8 Å². The number of carbonyl (C=O) groups is 6. The Morgan fingerprint density at radius 1 is 0.833 bits per heavy atom. The van der Waals surface area contributed by atoms with Crippen molar-refractivity contribution < 1.29 is 52.6 Å². The van der Waals surface area contributed by atoms with Crippen molar-refractivity contribution in [3.05, 3.63) is 12.2 Å². The number of amides is 4. The summed E-state index contributed by atoms with van der Waals surface area (Å²) in [6, 6.07) is 0. The Hall–Kier alpha value is -3.32. The summed E-state index contributed by atoms with van der Waals surface area (Å²) in [5, 5.41) is 0.303. The molecule has 0 bridgehead atoms. The van der Waals surface area contributed by atoms with Gasteiger partial charge in [-0.1, -0.05) is 5.06 Å². The first-order chi connectivity index (χ1) is 14.4. The first kappa shape index (κ1) is 23.0. The molecule has 0 aromatic rings. The maximum atomic E-state index is 11.5. The number of ether oxygens (including phenoxy) is 4. The van der Waals surface area contributed by atoms with Gasteiger partial charge in [0.25, 0.3) is 23.6 Å². The quantitative estimate of drug-likeness (QED) is 0.163. The minimum atomic E-state index is -1.35. The van der Waals surface area contributed by atoms with Crippen molar-refractivity contribution in [2.45, 2.75) is 19.3 Å². The van der Waals surface area contributed by atoms with E-state index < -0.39 is 30.7 Å². The summed E-state index contributed by atoms with van der Waals surface area (Å²) >= 11 is 0. The standard InChI is InChI=1S/C17H20N2O11/c20-12-1-2-13(21)18(12)6-8-27-10-9-26-7-5-16(24)28-11-29-17(25)30-19-14(22)3-4-15(19)23/h1-2H,3-11H2. The summed E-state index contributed by atoms with van der Waals surface area (Å²) in [4.78, 5) is 73.3. The highest BCUT2D eigenvalue weighted by Gasteiger charge is 2.33. The Morgan fingerprint density at radius 2 is 1.43 bits per heavy atom. The normalized spacial score (nSPS) is 15.9. The van der Waals surface area contributed by atoms with Crippen LogP contribution in [0.1, 0.15) is 19.3 Å². The van der Waals surface area contributed by atoms with Crippen molar-refractivity contribution in [2.24, 2.45) is 0 Å². The summed E-state index contributed by atoms with van der Waals surface area (Å²) in [5.41, 5.74) is 0. The molecule has 0 aromatic heterocycles. The third kappa shape index (κ3) is 7.25. The second-order valence-electron chi connectivity index (χ2n) is 5.84. The van der Waals surface area contributed by atoms with E-state index in [4.69, 9.17) is 9.47 Å². The lowest BCUT2D eigenvalue weighted by atomic mass is 10.4. The molecule has 0 aromatic carbocycles. The van der Waals surface area contributed by atoms with Gasteiger partial charge < -0.3 is 18.9 Å². The third-order valence-electron chi connectivity index (χ3n) is 3.75. The van der Waals surface area contributed by atoms with Gasteiger partial charge in [0.1, 0.15) is 0 Å². The van der Waals surface area contributed by atoms with Gasteiger partial charge in [-0.3, -0.25) is 33.7 Å². The Balaban J connectivity index is 1.41. The molecule has 4 amide bonds. The highest BCUT2D eigenvalue weighted by atomic mass is 16.9. The van der Waals surface area contributed by atoms with Crippen LogP contribution in [0.4, 0.5) is 4.79 Å². The molecular weight excluding hydrogens is 408 g/mol. The molecule has 0 saturated carbocycles. The topological polar surface area (TPSA) is 155 Å². The van der Waals surface area contributed by atoms with E-state index in [-0.39, 0.29) is 64.0 Å². The van der Waals surface area contributed by atoms with Gasteiger partial charge in [-0.25, -0.2) is 4.79 Å². The van der Waals surface area contributed by atoms with E-state index in [1.54, 1.807) is 0 Å². The monoisotopic (exact) mass is 428 g/mol. The maximum absolute atomic E-state index is 11.5. The van der Waals surface area contributed by atoms with Crippen LogP contribution in [0.2, 0.25) is 0 Å². The summed E-state index contributed by atoms with van der Waals surface area (Å²) in [6.07, 6.45) is 0.794. The Labute approximate surface area is 170 Å². The third-order valence-corrected chi connectivity index (χ3v) is 3.75. The molecule has 0 spiro atoms. The van der Waals surface area contributed by atoms with Gasteiger partial charge >= 0.3 is 12.1 Å². The molecule has 2 aliphatic heterocycles. The lowest BCUT2D eigenvalue weighted by molar-refractivity contribution is -0.182. The number of hydroxylamine groups is 2. The number of hydrogen-bond donors (Lipinski definition) is 0. The van der Waals surface area contributed by atoms with Crippen molar-refractivity contribution in [1.82, 2.24) is 9.96 Å². The van der Waals surface area contributed by atoms with Crippen LogP contribution < -0.4 is 0 Å². The van der Waals surface area contributed by atoms with Crippen molar-refractivity contribution in [3.8, 4) is 0 Å². The van der Waals surface area contributed by atoms with E-state index >= 15 is 0 Å². The SMILES string of the molecule is O=C(CCOCCOCCN1C(=O)C=CC1=O)OCOC(=O)ON1C(=O)CCC1=O. The molecule has 2 rings (SSSR count). The molecule has 13 heteroatoms. The van der Waals surface area contributed by atoms with Gasteiger partial charge in [0.05, 0.1) is 39.4 Å². The van der Waals surface area contributed by atoms with Gasteiger partial charge in [-0.15, -0.1) is 0 Å². The van der Waals surface area contributed by atoms with Gasteiger partial charge in [-0.2, -0.15) is 0 Å². The summed E-state index contributed by atoms with van der Waals surface area (Å²) in [6.45, 7) is -0.0574. The van der Waals surface area contributed by atoms with Crippen molar-refractivity contribution in [2.75, 3.05) is 39.8 Å². The molecule has 0 aliphatic carbocycles. The van der Waals surface area contributed by atoms with E-state index in [1.807, 2.05) is 0 Å². The molecule has 1 fully saturated rings. The number of rotatable bonds is 12. The van der Waals surface area contributed by atoms with Crippen LogP contribution in [0.25, 0.3) is 0 Å². The molecule has 0 atom stereocenters. The van der Waals surface area contributed by atoms with Crippen LogP contribution in [0.15, 0.2) is 12.2 Å². The molecule has 2 aliphatic rings. The average Bonchev–Trinajstić information content (AvgIpc) is 3.19. The van der Waals surface area contributed by atoms with Crippen LogP contribution in [0, 0.1) is 0 Å². The smallest absolute Gasteiger partial charge is 0.428 e. The molecule has 30 heavy (non-hydrogen) atoms. The van der Waals surface area contributed by atoms with E-state index in [9.17, 15) is 28.8 Å². The largest absolute Gasteiger partial charge is 0.536 e. The lowest BCUT2D eigenvalue weighted by Crippen LogP contribution is -2.33. The fourth-order valence-electron chi connectivity index (χ4n) is 2.26. The molecule has 0 unspecified atom stereocenters. The maximum Gasteiger partial charge on any atom is 0.536 e. The minimum Gasteiger partial charge on any atom is -0.428 e. The fourth-order valence-corrected chi connectivity index (χ4v) is 2.26. The van der Waals surface area contributed by atoms with Gasteiger partial charge in [0.2, 0.25) is 6.79 Å². The summed E-state index contributed by atoms with van der Waals surface area (Å²) in [5.74, 6) is -2.80. The second kappa shape index (κ2) is 11.6. The zero-order valence-corrected chi connectivity index (χ0v) is 15.9. The fraction of sp³-hybridized carbons (Fsp3) is 0.529. The Bertz CT molecular complexity index is 699. The van der Waals surface area contributed by atoms with Crippen molar-refractivity contribution in [1.29, 1.82) is 0 Å². The van der Waals surface area contributed by atoms with Crippen LogP contribution >= 0.6 is 0 Å². The van der Waals surface area contributed by atoms with Gasteiger partial charge in [-0.05, 0) is 0 Å². The molecule has 0 N–H and O–H groups in total. The highest BCUT2D eigenvalue weighted by molar-refractivity contribution is 6.12. The molecule has 164 valence electrons. The number of carbonyl (C=O) groups excluding carboxylic acids is 6. The van der Waals surface area contributed by atoms with Gasteiger partial charge in [0, 0.05) is 25.0 Å². The predicted octanol–water partition coefficient (Wildman–Crippen LogP) is -0.947. The van der Waals surface area contributed by atoms with E-state index in [1.165, 1.54) is 12.2 Å². The van der Waals surface area contributed by atoms with Gasteiger partial charge in [0.15, 0.2) is 0 Å². The minimum absolute atomic E-state index is 0.0242. The lowest BCUT2D eigenvalue weighted by Gasteiger charge is -2.13. The predicted molar refractivity (Wildman–Crippen MR) is 91.7 cm³/mol. The zero-order chi connectivity index (χ0) is 21.9. The number of esters is 1. The van der Waals surface area contributed by atoms with E-state index in [2.05, 4.69) is 14.3 Å². The second-order valence-corrected chi connectivity index (χ2v) is 5.84. The Kier molecular flexibility index (Phi) is 8.90. The number of hydrogen-bond acceptors (Lipinski definition) is 11. The van der Waals surface area contributed by atoms with Crippen LogP contribution in [0.3, 0.4) is 0 Å². The van der Waals surface area contributed by atoms with E-state index in [0.717, 1.165) is 4.90 Å². The zero-order valence-electron chi connectivity index (χ0n) is 15.9. The molecule has 13 nitrogen and oxygen atoms in total. The van der Waals surface area contributed by atoms with E-state index in [0.29, 0.717) is 5.06 Å². The van der Waals surface area contributed by atoms with Crippen molar-refractivity contribution in [3.63, 3.8) is 0 Å². The summed E-state index contributed by atoms with van der Waals surface area (Å²) < 4.78 is 19.4. The Morgan fingerprint density at radius 3 is 2.07 bits per heavy atom. The number of nitrogens with zero attached hydrogens (tertiary/aromatic N) is 2. The molecule has 2 heterocycles. The summed E-state index contributed by atoms with van der Waals surface area (Å²) in [7, 11) is 0. The molecule has 1 saturated heterocycles. The molecule has 0 radical (unpaired) electrons. The first-order valence-electron chi connectivity index (χ1n) is 8.93. The van der Waals surface area contributed by atoms with Crippen LogP contribution in [0.5, 0.6) is 0 Å². The average molecular weight is 428 g/mol. The highest BCUT2D eigenvalue weighted by Crippen LogP contribution is 2.12. The number of imide groups is 2. The molecular formula is C17H20N2O11.